The van der Waals surface area contributed by atoms with Crippen LogP contribution < -0.4 is 4.74 Å². The lowest BCUT2D eigenvalue weighted by Crippen LogP contribution is -2.48. The van der Waals surface area contributed by atoms with Gasteiger partial charge in [-0.05, 0) is 43.3 Å². The second kappa shape index (κ2) is 10.5. The zero-order chi connectivity index (χ0) is 24.2. The second-order valence-corrected chi connectivity index (χ2v) is 9.84. The summed E-state index contributed by atoms with van der Waals surface area (Å²) in [6, 6.07) is 15.1. The van der Waals surface area contributed by atoms with Crippen LogP contribution in [0, 0.1) is 18.3 Å². The Balaban J connectivity index is 1.06. The Morgan fingerprint density at radius 3 is 2.66 bits per heavy atom. The number of β-amino-alcohol motifs (C(OH)–C–C–N with tert-alkyl or cyclic N) is 1. The highest BCUT2D eigenvalue weighted by Crippen LogP contribution is 2.25. The van der Waals surface area contributed by atoms with E-state index in [1.807, 2.05) is 37.3 Å². The molecule has 180 valence electrons. The molecular formula is C25H26N6O3S. The number of rotatable bonds is 8. The lowest BCUT2D eigenvalue weighted by atomic mass is 10.1. The van der Waals surface area contributed by atoms with Crippen LogP contribution in [0.1, 0.15) is 16.5 Å². The van der Waals surface area contributed by atoms with E-state index in [9.17, 15) is 5.11 Å². The minimum absolute atomic E-state index is 0.245. The third-order valence-electron chi connectivity index (χ3n) is 5.94. The monoisotopic (exact) mass is 490 g/mol. The van der Waals surface area contributed by atoms with Crippen LogP contribution in [0.25, 0.3) is 21.6 Å². The number of thiazole rings is 1. The zero-order valence-corrected chi connectivity index (χ0v) is 20.2. The summed E-state index contributed by atoms with van der Waals surface area (Å²) >= 11 is 1.66. The minimum atomic E-state index is -0.569. The molecule has 1 unspecified atom stereocenters. The molecule has 1 aliphatic heterocycles. The number of benzene rings is 2. The first-order valence-electron chi connectivity index (χ1n) is 11.5. The van der Waals surface area contributed by atoms with Crippen LogP contribution in [0.3, 0.4) is 0 Å². The molecule has 35 heavy (non-hydrogen) atoms. The molecule has 2 aromatic carbocycles. The average Bonchev–Trinajstić information content (AvgIpc) is 3.49. The van der Waals surface area contributed by atoms with E-state index >= 15 is 0 Å². The van der Waals surface area contributed by atoms with Gasteiger partial charge in [-0.3, -0.25) is 9.80 Å². The molecule has 9 nitrogen and oxygen atoms in total. The van der Waals surface area contributed by atoms with Crippen molar-refractivity contribution in [1.29, 1.82) is 5.26 Å². The number of ether oxygens (including phenoxy) is 1. The van der Waals surface area contributed by atoms with Gasteiger partial charge in [0.05, 0.1) is 33.4 Å². The van der Waals surface area contributed by atoms with E-state index in [1.165, 1.54) is 0 Å². The fourth-order valence-electron chi connectivity index (χ4n) is 4.11. The van der Waals surface area contributed by atoms with Crippen molar-refractivity contribution in [2.24, 2.45) is 0 Å². The maximum Gasteiger partial charge on any atom is 0.241 e. The number of aliphatic hydroxyl groups excluding tert-OH is 1. The van der Waals surface area contributed by atoms with Gasteiger partial charge in [0.1, 0.15) is 18.5 Å². The smallest absolute Gasteiger partial charge is 0.241 e. The Bertz CT molecular complexity index is 1320. The molecule has 5 rings (SSSR count). The average molecular weight is 491 g/mol. The number of aromatic nitrogens is 3. The Morgan fingerprint density at radius 2 is 1.89 bits per heavy atom. The Hall–Kier alpha value is -3.36. The Labute approximate surface area is 207 Å². The van der Waals surface area contributed by atoms with Crippen LogP contribution in [-0.4, -0.2) is 75.5 Å². The van der Waals surface area contributed by atoms with Gasteiger partial charge in [-0.25, -0.2) is 4.98 Å². The molecule has 0 spiro atoms. The summed E-state index contributed by atoms with van der Waals surface area (Å²) in [7, 11) is 0. The summed E-state index contributed by atoms with van der Waals surface area (Å²) in [6.07, 6.45) is -0.569. The van der Waals surface area contributed by atoms with E-state index < -0.39 is 6.10 Å². The van der Waals surface area contributed by atoms with Gasteiger partial charge in [0.2, 0.25) is 11.7 Å². The molecular weight excluding hydrogens is 464 g/mol. The molecule has 3 heterocycles. The highest BCUT2D eigenvalue weighted by molar-refractivity contribution is 7.18. The van der Waals surface area contributed by atoms with E-state index in [0.717, 1.165) is 52.7 Å². The number of fused-ring (bicyclic) bond motifs is 1. The highest BCUT2D eigenvalue weighted by Gasteiger charge is 2.21. The van der Waals surface area contributed by atoms with E-state index in [0.29, 0.717) is 30.4 Å². The van der Waals surface area contributed by atoms with Crippen molar-refractivity contribution < 1.29 is 14.4 Å². The quantitative estimate of drug-likeness (QED) is 0.398. The number of aliphatic hydroxyl groups is 1. The highest BCUT2D eigenvalue weighted by atomic mass is 32.1. The summed E-state index contributed by atoms with van der Waals surface area (Å²) in [5.41, 5.74) is 2.35. The number of nitrogens with zero attached hydrogens (tertiary/aromatic N) is 6. The van der Waals surface area contributed by atoms with Crippen molar-refractivity contribution >= 4 is 21.6 Å². The number of hydrogen-bond donors (Lipinski definition) is 1. The molecule has 0 saturated carbocycles. The lowest BCUT2D eigenvalue weighted by molar-refractivity contribution is 0.0426. The summed E-state index contributed by atoms with van der Waals surface area (Å²) in [5.74, 6) is 1.82. The van der Waals surface area contributed by atoms with Gasteiger partial charge in [-0.2, -0.15) is 10.2 Å². The summed E-state index contributed by atoms with van der Waals surface area (Å²) in [4.78, 5) is 13.5. The molecule has 4 aromatic rings. The topological polar surface area (TPSA) is 112 Å². The normalized spacial score (nSPS) is 15.8. The largest absolute Gasteiger partial charge is 0.491 e. The van der Waals surface area contributed by atoms with E-state index in [-0.39, 0.29) is 6.61 Å². The minimum Gasteiger partial charge on any atom is -0.491 e. The molecule has 10 heteroatoms. The maximum absolute atomic E-state index is 10.5. The molecule has 0 radical (unpaired) electrons. The van der Waals surface area contributed by atoms with E-state index in [1.54, 1.807) is 23.5 Å². The van der Waals surface area contributed by atoms with Crippen LogP contribution in [0.5, 0.6) is 5.75 Å². The number of hydrogen-bond acceptors (Lipinski definition) is 10. The molecule has 1 saturated heterocycles. The molecule has 0 aliphatic carbocycles. The molecule has 1 atom stereocenters. The van der Waals surface area contributed by atoms with Crippen molar-refractivity contribution in [3.8, 4) is 23.2 Å². The summed E-state index contributed by atoms with van der Waals surface area (Å²) < 4.78 is 12.4. The first kappa shape index (κ1) is 23.4. The third-order valence-corrected chi connectivity index (χ3v) is 6.89. The van der Waals surface area contributed by atoms with Crippen LogP contribution in [0.15, 0.2) is 47.0 Å². The van der Waals surface area contributed by atoms with Crippen molar-refractivity contribution in [2.45, 2.75) is 19.6 Å². The Morgan fingerprint density at radius 1 is 1.11 bits per heavy atom. The van der Waals surface area contributed by atoms with Crippen LogP contribution in [0.2, 0.25) is 0 Å². The van der Waals surface area contributed by atoms with Gasteiger partial charge in [-0.15, -0.1) is 11.3 Å². The van der Waals surface area contributed by atoms with Crippen molar-refractivity contribution in [3.05, 3.63) is 58.9 Å². The van der Waals surface area contributed by atoms with Gasteiger partial charge in [0, 0.05) is 44.4 Å². The van der Waals surface area contributed by atoms with Gasteiger partial charge >= 0.3 is 0 Å². The van der Waals surface area contributed by atoms with Gasteiger partial charge in [0.15, 0.2) is 0 Å². The lowest BCUT2D eigenvalue weighted by Gasteiger charge is -2.34. The zero-order valence-electron chi connectivity index (χ0n) is 19.4. The third kappa shape index (κ3) is 5.83. The molecule has 0 amide bonds. The van der Waals surface area contributed by atoms with E-state index in [2.05, 4.69) is 31.0 Å². The predicted octanol–water partition coefficient (Wildman–Crippen LogP) is 3.08. The fraction of sp³-hybridized carbons (Fsp3) is 0.360. The maximum atomic E-state index is 10.5. The van der Waals surface area contributed by atoms with Crippen molar-refractivity contribution in [3.63, 3.8) is 0 Å². The summed E-state index contributed by atoms with van der Waals surface area (Å²) in [5, 5.41) is 24.5. The van der Waals surface area contributed by atoms with Crippen molar-refractivity contribution in [1.82, 2.24) is 24.9 Å². The first-order chi connectivity index (χ1) is 17.1. The van der Waals surface area contributed by atoms with Gasteiger partial charge in [-0.1, -0.05) is 5.16 Å². The van der Waals surface area contributed by atoms with Crippen LogP contribution in [0.4, 0.5) is 0 Å². The SMILES string of the molecule is Cc1nc2cc(OCC(O)CN3CCN(Cc4nc(-c5ccc(C#N)cc5)no4)CC3)ccc2s1. The number of nitriles is 1. The van der Waals surface area contributed by atoms with Crippen molar-refractivity contribution in [2.75, 3.05) is 39.3 Å². The molecule has 1 aliphatic rings. The van der Waals surface area contributed by atoms with Crippen LogP contribution in [-0.2, 0) is 6.54 Å². The second-order valence-electron chi connectivity index (χ2n) is 8.60. The molecule has 2 aromatic heterocycles. The van der Waals surface area contributed by atoms with Crippen LogP contribution >= 0.6 is 11.3 Å². The number of piperazine rings is 1. The predicted molar refractivity (Wildman–Crippen MR) is 132 cm³/mol. The van der Waals surface area contributed by atoms with E-state index in [4.69, 9.17) is 14.5 Å². The summed E-state index contributed by atoms with van der Waals surface area (Å²) in [6.45, 7) is 6.77. The first-order valence-corrected chi connectivity index (χ1v) is 12.3. The Kier molecular flexibility index (Phi) is 7.01. The number of aryl methyl sites for hydroxylation is 1. The molecule has 0 bridgehead atoms. The van der Waals surface area contributed by atoms with Gasteiger partial charge in [0.25, 0.3) is 0 Å². The molecule has 1 fully saturated rings. The fourth-order valence-corrected chi connectivity index (χ4v) is 4.91. The molecule has 1 N–H and O–H groups in total. The van der Waals surface area contributed by atoms with Gasteiger partial charge < -0.3 is 14.4 Å². The standard InChI is InChI=1S/C25H26N6O3S/c1-17-27-22-12-21(6-7-23(22)35-17)33-16-20(32)14-30-8-10-31(11-9-30)15-24-28-25(29-34-24)19-4-2-18(13-26)3-5-19/h2-7,12,20,32H,8-11,14-16H2,1H3.